The zero-order valence-electron chi connectivity index (χ0n) is 10.00. The molecule has 0 saturated carbocycles. The first kappa shape index (κ1) is 12.2. The van der Waals surface area contributed by atoms with E-state index < -0.39 is 12.1 Å². The van der Waals surface area contributed by atoms with Gasteiger partial charge < -0.3 is 14.9 Å². The highest BCUT2D eigenvalue weighted by atomic mass is 32.1. The average Bonchev–Trinajstić information content (AvgIpc) is 3.05. The van der Waals surface area contributed by atoms with E-state index in [0.29, 0.717) is 17.0 Å². The van der Waals surface area contributed by atoms with Gasteiger partial charge in [0.2, 0.25) is 0 Å². The van der Waals surface area contributed by atoms with E-state index in [-0.39, 0.29) is 5.56 Å². The van der Waals surface area contributed by atoms with Crippen LogP contribution in [0.3, 0.4) is 0 Å². The van der Waals surface area contributed by atoms with Crippen molar-refractivity contribution in [2.45, 2.75) is 12.5 Å². The molecule has 0 radical (unpaired) electrons. The predicted octanol–water partition coefficient (Wildman–Crippen LogP) is 2.46. The molecule has 0 bridgehead atoms. The Morgan fingerprint density at radius 1 is 1.37 bits per heavy atom. The van der Waals surface area contributed by atoms with Gasteiger partial charge in [-0.05, 0) is 34.7 Å². The normalized spacial score (nSPS) is 14.8. The van der Waals surface area contributed by atoms with Crippen LogP contribution in [0.5, 0.6) is 5.75 Å². The quantitative estimate of drug-likeness (QED) is 0.903. The van der Waals surface area contributed by atoms with Crippen molar-refractivity contribution < 1.29 is 19.7 Å². The number of carbonyl (C=O) groups is 1. The molecule has 0 aliphatic carbocycles. The molecule has 4 nitrogen and oxygen atoms in total. The van der Waals surface area contributed by atoms with Gasteiger partial charge in [0.05, 0.1) is 17.0 Å². The van der Waals surface area contributed by atoms with Crippen molar-refractivity contribution in [3.05, 3.63) is 51.2 Å². The summed E-state index contributed by atoms with van der Waals surface area (Å²) >= 11 is 1.25. The molecule has 1 atom stereocenters. The Morgan fingerprint density at radius 3 is 3.00 bits per heavy atom. The van der Waals surface area contributed by atoms with E-state index in [9.17, 15) is 9.90 Å². The smallest absolute Gasteiger partial charge is 0.336 e. The predicted molar refractivity (Wildman–Crippen MR) is 71.0 cm³/mol. The van der Waals surface area contributed by atoms with Gasteiger partial charge >= 0.3 is 5.97 Å². The first-order valence-electron chi connectivity index (χ1n) is 5.91. The molecule has 2 heterocycles. The summed E-state index contributed by atoms with van der Waals surface area (Å²) < 4.78 is 5.41. The molecule has 98 valence electrons. The summed E-state index contributed by atoms with van der Waals surface area (Å²) in [6.45, 7) is 0.661. The number of rotatable bonds is 3. The molecular weight excluding hydrogens is 264 g/mol. The van der Waals surface area contributed by atoms with Crippen LogP contribution in [0.25, 0.3) is 0 Å². The Labute approximate surface area is 113 Å². The van der Waals surface area contributed by atoms with Crippen molar-refractivity contribution in [1.29, 1.82) is 0 Å². The van der Waals surface area contributed by atoms with Crippen molar-refractivity contribution in [2.75, 3.05) is 6.61 Å². The molecular formula is C14H12O4S. The number of fused-ring (bicyclic) bond motifs is 1. The highest BCUT2D eigenvalue weighted by Crippen LogP contribution is 2.33. The van der Waals surface area contributed by atoms with Crippen LogP contribution >= 0.6 is 11.3 Å². The largest absolute Gasteiger partial charge is 0.493 e. The lowest BCUT2D eigenvalue weighted by Gasteiger charge is -2.11. The van der Waals surface area contributed by atoms with E-state index in [1.807, 2.05) is 12.1 Å². The minimum Gasteiger partial charge on any atom is -0.493 e. The van der Waals surface area contributed by atoms with Gasteiger partial charge in [0.1, 0.15) is 11.9 Å². The van der Waals surface area contributed by atoms with E-state index in [4.69, 9.17) is 9.84 Å². The lowest BCUT2D eigenvalue weighted by Crippen LogP contribution is -2.05. The summed E-state index contributed by atoms with van der Waals surface area (Å²) in [7, 11) is 0. The zero-order chi connectivity index (χ0) is 13.4. The lowest BCUT2D eigenvalue weighted by molar-refractivity contribution is 0.0692. The summed E-state index contributed by atoms with van der Waals surface area (Å²) in [4.78, 5) is 11.5. The van der Waals surface area contributed by atoms with E-state index in [2.05, 4.69) is 0 Å². The Kier molecular flexibility index (Phi) is 3.00. The second-order valence-electron chi connectivity index (χ2n) is 4.37. The van der Waals surface area contributed by atoms with Gasteiger partial charge in [-0.3, -0.25) is 0 Å². The number of ether oxygens (including phenoxy) is 1. The van der Waals surface area contributed by atoms with Crippen LogP contribution in [0.2, 0.25) is 0 Å². The van der Waals surface area contributed by atoms with Crippen LogP contribution in [0.15, 0.2) is 29.6 Å². The van der Waals surface area contributed by atoms with Crippen LogP contribution in [0, 0.1) is 0 Å². The van der Waals surface area contributed by atoms with E-state index in [1.165, 1.54) is 17.4 Å². The molecule has 5 heteroatoms. The Hall–Kier alpha value is -1.85. The van der Waals surface area contributed by atoms with Gasteiger partial charge in [0, 0.05) is 6.42 Å². The van der Waals surface area contributed by atoms with Crippen molar-refractivity contribution in [2.24, 2.45) is 0 Å². The molecule has 0 saturated heterocycles. The van der Waals surface area contributed by atoms with Gasteiger partial charge in [0.25, 0.3) is 0 Å². The maximum atomic E-state index is 11.1. The van der Waals surface area contributed by atoms with Crippen LogP contribution in [-0.4, -0.2) is 22.8 Å². The minimum absolute atomic E-state index is 0.161. The number of aliphatic hydroxyl groups is 1. The van der Waals surface area contributed by atoms with Crippen molar-refractivity contribution in [3.63, 3.8) is 0 Å². The number of hydrogen-bond donors (Lipinski definition) is 2. The van der Waals surface area contributed by atoms with E-state index in [1.54, 1.807) is 11.4 Å². The maximum Gasteiger partial charge on any atom is 0.336 e. The third-order valence-corrected chi connectivity index (χ3v) is 4.17. The van der Waals surface area contributed by atoms with Crippen LogP contribution in [0.4, 0.5) is 0 Å². The van der Waals surface area contributed by atoms with Crippen LogP contribution < -0.4 is 4.74 Å². The SMILES string of the molecule is O=C(O)c1ccsc1C(O)c1ccc2c(c1)CCO2. The number of benzene rings is 1. The van der Waals surface area contributed by atoms with Crippen molar-refractivity contribution in [3.8, 4) is 5.75 Å². The molecule has 1 aliphatic heterocycles. The summed E-state index contributed by atoms with van der Waals surface area (Å²) in [6.07, 6.45) is -0.0800. The summed E-state index contributed by atoms with van der Waals surface area (Å²) in [6, 6.07) is 7.01. The highest BCUT2D eigenvalue weighted by Gasteiger charge is 2.22. The fourth-order valence-corrected chi connectivity index (χ4v) is 3.14. The van der Waals surface area contributed by atoms with E-state index in [0.717, 1.165) is 17.7 Å². The standard InChI is InChI=1S/C14H12O4S/c15-12(13-10(14(16)17)4-6-19-13)9-1-2-11-8(7-9)3-5-18-11/h1-2,4,6-7,12,15H,3,5H2,(H,16,17). The summed E-state index contributed by atoms with van der Waals surface area (Å²) in [5, 5.41) is 21.1. The number of thiophene rings is 1. The molecule has 1 aromatic heterocycles. The number of aromatic carboxylic acids is 1. The van der Waals surface area contributed by atoms with Gasteiger partial charge in [-0.25, -0.2) is 4.79 Å². The number of carboxylic acids is 1. The third kappa shape index (κ3) is 2.11. The number of carboxylic acid groups (broad SMARTS) is 1. The first-order chi connectivity index (χ1) is 9.16. The fourth-order valence-electron chi connectivity index (χ4n) is 2.24. The van der Waals surface area contributed by atoms with Crippen LogP contribution in [0.1, 0.15) is 32.5 Å². The molecule has 0 spiro atoms. The zero-order valence-corrected chi connectivity index (χ0v) is 10.8. The molecule has 1 unspecified atom stereocenters. The summed E-state index contributed by atoms with van der Waals surface area (Å²) in [5.41, 5.74) is 1.92. The Bertz CT molecular complexity index is 632. The van der Waals surface area contributed by atoms with Gasteiger partial charge in [-0.1, -0.05) is 6.07 Å². The third-order valence-electron chi connectivity index (χ3n) is 3.20. The average molecular weight is 276 g/mol. The second-order valence-corrected chi connectivity index (χ2v) is 5.32. The number of aliphatic hydroxyl groups excluding tert-OH is 1. The van der Waals surface area contributed by atoms with Crippen molar-refractivity contribution >= 4 is 17.3 Å². The molecule has 0 fully saturated rings. The lowest BCUT2D eigenvalue weighted by atomic mass is 10.0. The molecule has 1 aromatic carbocycles. The molecule has 1 aliphatic rings. The Balaban J connectivity index is 1.97. The number of hydrogen-bond acceptors (Lipinski definition) is 4. The van der Waals surface area contributed by atoms with Gasteiger partial charge in [-0.2, -0.15) is 0 Å². The first-order valence-corrected chi connectivity index (χ1v) is 6.79. The topological polar surface area (TPSA) is 66.8 Å². The highest BCUT2D eigenvalue weighted by molar-refractivity contribution is 7.10. The van der Waals surface area contributed by atoms with Crippen molar-refractivity contribution in [1.82, 2.24) is 0 Å². The molecule has 2 aromatic rings. The van der Waals surface area contributed by atoms with Crippen LogP contribution in [-0.2, 0) is 6.42 Å². The summed E-state index contributed by atoms with van der Waals surface area (Å²) in [5.74, 6) is -0.166. The molecule has 0 amide bonds. The second kappa shape index (κ2) is 4.68. The van der Waals surface area contributed by atoms with Gasteiger partial charge in [0.15, 0.2) is 0 Å². The minimum atomic E-state index is -1.01. The maximum absolute atomic E-state index is 11.1. The Morgan fingerprint density at radius 2 is 2.21 bits per heavy atom. The fraction of sp³-hybridized carbons (Fsp3) is 0.214. The van der Waals surface area contributed by atoms with Gasteiger partial charge in [-0.15, -0.1) is 11.3 Å². The van der Waals surface area contributed by atoms with E-state index >= 15 is 0 Å². The molecule has 2 N–H and O–H groups in total. The molecule has 19 heavy (non-hydrogen) atoms. The molecule has 3 rings (SSSR count). The monoisotopic (exact) mass is 276 g/mol.